The van der Waals surface area contributed by atoms with Gasteiger partial charge in [0, 0.05) is 26.1 Å². The van der Waals surface area contributed by atoms with Crippen molar-refractivity contribution in [3.05, 3.63) is 106 Å². The minimum Gasteiger partial charge on any atom is -0.351 e. The molecule has 0 unspecified atom stereocenters. The van der Waals surface area contributed by atoms with Crippen molar-refractivity contribution in [2.45, 2.75) is 19.5 Å². The Hall–Kier alpha value is -3.76. The van der Waals surface area contributed by atoms with Gasteiger partial charge < -0.3 is 10.2 Å². The standard InChI is InChI=1S/C25H20ClF2N3O2/c26-23-13-21(28)8-9-22(23)25(33)30-11-10-24(32)31(16-19-2-1-3-20(27)12-19)15-18-6-4-17(14-29)5-7-18/h1-9,12-13H,10-11,15-16H2,(H,30,33). The molecule has 1 N–H and O–H groups in total. The van der Waals surface area contributed by atoms with Crippen LogP contribution in [0.3, 0.4) is 0 Å². The average Bonchev–Trinajstić information content (AvgIpc) is 2.79. The second-order valence-electron chi connectivity index (χ2n) is 7.32. The molecule has 0 aliphatic carbocycles. The van der Waals surface area contributed by atoms with Gasteiger partial charge in [0.05, 0.1) is 22.2 Å². The number of carbonyl (C=O) groups is 2. The number of nitrogens with zero attached hydrogens (tertiary/aromatic N) is 2. The monoisotopic (exact) mass is 467 g/mol. The first-order chi connectivity index (χ1) is 15.9. The Balaban J connectivity index is 1.67. The second kappa shape index (κ2) is 11.2. The molecular weight excluding hydrogens is 448 g/mol. The van der Waals surface area contributed by atoms with Crippen LogP contribution in [0.15, 0.2) is 66.7 Å². The highest BCUT2D eigenvalue weighted by atomic mass is 35.5. The number of hydrogen-bond acceptors (Lipinski definition) is 3. The Kier molecular flexibility index (Phi) is 8.11. The summed E-state index contributed by atoms with van der Waals surface area (Å²) in [5.74, 6) is -1.73. The van der Waals surface area contributed by atoms with Crippen molar-refractivity contribution in [2.75, 3.05) is 6.54 Å². The number of nitrogens with one attached hydrogen (secondary N) is 1. The highest BCUT2D eigenvalue weighted by Gasteiger charge is 2.17. The van der Waals surface area contributed by atoms with Crippen LogP contribution in [0.25, 0.3) is 0 Å². The van der Waals surface area contributed by atoms with Crippen molar-refractivity contribution in [1.29, 1.82) is 5.26 Å². The minimum atomic E-state index is -0.553. The summed E-state index contributed by atoms with van der Waals surface area (Å²) in [4.78, 5) is 26.8. The van der Waals surface area contributed by atoms with Crippen LogP contribution in [0.2, 0.25) is 5.02 Å². The fourth-order valence-electron chi connectivity index (χ4n) is 3.20. The molecule has 2 amide bonds. The van der Waals surface area contributed by atoms with E-state index in [0.717, 1.165) is 17.7 Å². The molecule has 8 heteroatoms. The summed E-state index contributed by atoms with van der Waals surface area (Å²) in [6, 6.07) is 18.3. The molecular formula is C25H20ClF2N3O2. The van der Waals surface area contributed by atoms with Gasteiger partial charge in [-0.1, -0.05) is 35.9 Å². The fourth-order valence-corrected chi connectivity index (χ4v) is 3.46. The summed E-state index contributed by atoms with van der Waals surface area (Å²) in [7, 11) is 0. The molecule has 3 aromatic carbocycles. The molecule has 168 valence electrons. The molecule has 0 aliphatic rings. The molecule has 0 spiro atoms. The number of hydrogen-bond donors (Lipinski definition) is 1. The number of amides is 2. The number of nitriles is 1. The summed E-state index contributed by atoms with van der Waals surface area (Å²) < 4.78 is 26.8. The van der Waals surface area contributed by atoms with Crippen LogP contribution < -0.4 is 5.32 Å². The van der Waals surface area contributed by atoms with Crippen LogP contribution in [0.5, 0.6) is 0 Å². The van der Waals surface area contributed by atoms with E-state index in [0.29, 0.717) is 11.1 Å². The SMILES string of the molecule is N#Cc1ccc(CN(Cc2cccc(F)c2)C(=O)CCNC(=O)c2ccc(F)cc2Cl)cc1. The highest BCUT2D eigenvalue weighted by Crippen LogP contribution is 2.17. The van der Waals surface area contributed by atoms with Gasteiger partial charge in [-0.25, -0.2) is 8.78 Å². The van der Waals surface area contributed by atoms with E-state index in [-0.39, 0.29) is 42.5 Å². The van der Waals surface area contributed by atoms with Gasteiger partial charge in [-0.05, 0) is 53.6 Å². The van der Waals surface area contributed by atoms with Crippen LogP contribution in [0.1, 0.15) is 33.5 Å². The van der Waals surface area contributed by atoms with Crippen LogP contribution in [-0.4, -0.2) is 23.3 Å². The van der Waals surface area contributed by atoms with Gasteiger partial charge in [0.2, 0.25) is 5.91 Å². The maximum Gasteiger partial charge on any atom is 0.252 e. The molecule has 0 aromatic heterocycles. The number of halogens is 3. The first-order valence-electron chi connectivity index (χ1n) is 10.1. The largest absolute Gasteiger partial charge is 0.351 e. The Morgan fingerprint density at radius 2 is 1.64 bits per heavy atom. The Labute approximate surface area is 195 Å². The summed E-state index contributed by atoms with van der Waals surface area (Å²) in [5, 5.41) is 11.5. The molecule has 3 aromatic rings. The lowest BCUT2D eigenvalue weighted by Crippen LogP contribution is -2.34. The fraction of sp³-hybridized carbons (Fsp3) is 0.160. The summed E-state index contributed by atoms with van der Waals surface area (Å²) >= 11 is 5.90. The van der Waals surface area contributed by atoms with Crippen molar-refractivity contribution in [1.82, 2.24) is 10.2 Å². The van der Waals surface area contributed by atoms with Crippen LogP contribution in [0, 0.1) is 23.0 Å². The lowest BCUT2D eigenvalue weighted by atomic mass is 10.1. The average molecular weight is 468 g/mol. The molecule has 33 heavy (non-hydrogen) atoms. The predicted octanol–water partition coefficient (Wildman–Crippen LogP) is 4.84. The highest BCUT2D eigenvalue weighted by molar-refractivity contribution is 6.33. The van der Waals surface area contributed by atoms with E-state index in [1.165, 1.54) is 18.2 Å². The first-order valence-corrected chi connectivity index (χ1v) is 10.5. The van der Waals surface area contributed by atoms with Gasteiger partial charge in [-0.2, -0.15) is 5.26 Å². The van der Waals surface area contributed by atoms with E-state index < -0.39 is 17.5 Å². The topological polar surface area (TPSA) is 73.2 Å². The lowest BCUT2D eigenvalue weighted by molar-refractivity contribution is -0.132. The summed E-state index contributed by atoms with van der Waals surface area (Å²) in [6.45, 7) is 0.464. The quantitative estimate of drug-likeness (QED) is 0.515. The Bertz CT molecular complexity index is 1190. The zero-order valence-electron chi connectivity index (χ0n) is 17.5. The van der Waals surface area contributed by atoms with E-state index in [2.05, 4.69) is 5.32 Å². The molecule has 0 bridgehead atoms. The van der Waals surface area contributed by atoms with Gasteiger partial charge in [0.1, 0.15) is 11.6 Å². The van der Waals surface area contributed by atoms with Crippen molar-refractivity contribution in [3.8, 4) is 6.07 Å². The third-order valence-electron chi connectivity index (χ3n) is 4.87. The Morgan fingerprint density at radius 3 is 2.30 bits per heavy atom. The molecule has 0 heterocycles. The predicted molar refractivity (Wildman–Crippen MR) is 120 cm³/mol. The lowest BCUT2D eigenvalue weighted by Gasteiger charge is -2.23. The van der Waals surface area contributed by atoms with Gasteiger partial charge in [0.25, 0.3) is 5.91 Å². The molecule has 0 fully saturated rings. The van der Waals surface area contributed by atoms with Gasteiger partial charge >= 0.3 is 0 Å². The van der Waals surface area contributed by atoms with Gasteiger partial charge in [-0.15, -0.1) is 0 Å². The molecule has 0 saturated carbocycles. The van der Waals surface area contributed by atoms with Crippen molar-refractivity contribution < 1.29 is 18.4 Å². The minimum absolute atomic E-state index is 0.00382. The van der Waals surface area contributed by atoms with Crippen LogP contribution in [0.4, 0.5) is 8.78 Å². The number of benzene rings is 3. The molecule has 0 saturated heterocycles. The van der Waals surface area contributed by atoms with Crippen LogP contribution >= 0.6 is 11.6 Å². The van der Waals surface area contributed by atoms with Crippen molar-refractivity contribution in [2.24, 2.45) is 0 Å². The summed E-state index contributed by atoms with van der Waals surface area (Å²) in [5.41, 5.74) is 2.05. The number of carbonyl (C=O) groups excluding carboxylic acids is 2. The smallest absolute Gasteiger partial charge is 0.252 e. The zero-order chi connectivity index (χ0) is 23.8. The van der Waals surface area contributed by atoms with Crippen molar-refractivity contribution >= 4 is 23.4 Å². The maximum atomic E-state index is 13.6. The second-order valence-corrected chi connectivity index (χ2v) is 7.73. The van der Waals surface area contributed by atoms with E-state index in [1.807, 2.05) is 6.07 Å². The summed E-state index contributed by atoms with van der Waals surface area (Å²) in [6.07, 6.45) is -0.00382. The maximum absolute atomic E-state index is 13.6. The number of rotatable bonds is 8. The normalized spacial score (nSPS) is 10.4. The van der Waals surface area contributed by atoms with E-state index in [4.69, 9.17) is 16.9 Å². The Morgan fingerprint density at radius 1 is 0.939 bits per heavy atom. The zero-order valence-corrected chi connectivity index (χ0v) is 18.3. The van der Waals surface area contributed by atoms with Gasteiger partial charge in [-0.3, -0.25) is 9.59 Å². The third-order valence-corrected chi connectivity index (χ3v) is 5.18. The molecule has 5 nitrogen and oxygen atoms in total. The first kappa shape index (κ1) is 23.9. The van der Waals surface area contributed by atoms with Crippen LogP contribution in [-0.2, 0) is 17.9 Å². The van der Waals surface area contributed by atoms with E-state index in [9.17, 15) is 18.4 Å². The third kappa shape index (κ3) is 6.86. The van der Waals surface area contributed by atoms with E-state index in [1.54, 1.807) is 41.3 Å². The molecule has 3 rings (SSSR count). The van der Waals surface area contributed by atoms with E-state index >= 15 is 0 Å². The molecule has 0 atom stereocenters. The molecule has 0 radical (unpaired) electrons. The van der Waals surface area contributed by atoms with Gasteiger partial charge in [0.15, 0.2) is 0 Å². The van der Waals surface area contributed by atoms with Crippen molar-refractivity contribution in [3.63, 3.8) is 0 Å². The molecule has 0 aliphatic heterocycles.